The second-order valence-electron chi connectivity index (χ2n) is 6.55. The van der Waals surface area contributed by atoms with Crippen molar-refractivity contribution in [1.82, 2.24) is 14.9 Å². The third-order valence-electron chi connectivity index (χ3n) is 4.30. The van der Waals surface area contributed by atoms with Crippen LogP contribution in [0.25, 0.3) is 10.9 Å². The van der Waals surface area contributed by atoms with Crippen LogP contribution in [0.5, 0.6) is 11.6 Å². The molecule has 1 aliphatic heterocycles. The lowest BCUT2D eigenvalue weighted by atomic mass is 10.1. The summed E-state index contributed by atoms with van der Waals surface area (Å²) in [6.07, 6.45) is -3.81. The van der Waals surface area contributed by atoms with E-state index in [9.17, 15) is 26.7 Å². The predicted octanol–water partition coefficient (Wildman–Crippen LogP) is 4.53. The monoisotopic (exact) mass is 409 g/mol. The number of aromatic nitrogens is 2. The van der Waals surface area contributed by atoms with Gasteiger partial charge in [0, 0.05) is 17.6 Å². The van der Waals surface area contributed by atoms with E-state index in [0.717, 1.165) is 17.0 Å². The number of hydrogen-bond acceptors (Lipinski definition) is 4. The molecule has 1 amide bonds. The van der Waals surface area contributed by atoms with Gasteiger partial charge in [0.15, 0.2) is 0 Å². The molecule has 3 aromatic rings. The molecular formula is C19H12F5N3O2. The summed E-state index contributed by atoms with van der Waals surface area (Å²) in [4.78, 5) is 21.0. The molecule has 4 rings (SSSR count). The Balaban J connectivity index is 1.50. The molecule has 0 spiro atoms. The highest BCUT2D eigenvalue weighted by molar-refractivity contribution is 5.95. The van der Waals surface area contributed by atoms with Gasteiger partial charge in [0.05, 0.1) is 24.2 Å². The zero-order valence-electron chi connectivity index (χ0n) is 14.6. The molecule has 5 nitrogen and oxygen atoms in total. The van der Waals surface area contributed by atoms with E-state index in [1.54, 1.807) is 18.2 Å². The Morgan fingerprint density at radius 1 is 1.07 bits per heavy atom. The highest BCUT2D eigenvalue weighted by atomic mass is 19.4. The van der Waals surface area contributed by atoms with Crippen LogP contribution in [0.3, 0.4) is 0 Å². The van der Waals surface area contributed by atoms with Crippen molar-refractivity contribution in [2.45, 2.75) is 12.1 Å². The standard InChI is InChI=1S/C19H12F5N3O2/c20-18(21)9-27(10-18)17(28)15-4-1-11-7-13(3-5-14(11)26-15)29-16-6-2-12(8-25-16)19(22,23)24/h1-8H,9-10H2. The third kappa shape index (κ3) is 3.96. The lowest BCUT2D eigenvalue weighted by molar-refractivity contribution is -0.137. The number of rotatable bonds is 3. The summed E-state index contributed by atoms with van der Waals surface area (Å²) >= 11 is 0. The minimum absolute atomic E-state index is 0.0178. The number of hydrogen-bond donors (Lipinski definition) is 0. The highest BCUT2D eigenvalue weighted by Gasteiger charge is 2.46. The first kappa shape index (κ1) is 19.0. The molecule has 1 aliphatic rings. The maximum atomic E-state index is 12.9. The van der Waals surface area contributed by atoms with Crippen LogP contribution in [0.2, 0.25) is 0 Å². The fourth-order valence-corrected chi connectivity index (χ4v) is 2.83. The molecule has 0 bridgehead atoms. The number of amides is 1. The van der Waals surface area contributed by atoms with Gasteiger partial charge in [-0.3, -0.25) is 4.79 Å². The molecule has 0 unspecified atom stereocenters. The van der Waals surface area contributed by atoms with Crippen LogP contribution >= 0.6 is 0 Å². The van der Waals surface area contributed by atoms with Crippen LogP contribution in [0.15, 0.2) is 48.7 Å². The number of likely N-dealkylation sites (tertiary alicyclic amines) is 1. The predicted molar refractivity (Wildman–Crippen MR) is 91.9 cm³/mol. The van der Waals surface area contributed by atoms with Crippen LogP contribution in [-0.2, 0) is 6.18 Å². The van der Waals surface area contributed by atoms with Crippen molar-refractivity contribution >= 4 is 16.8 Å². The molecule has 10 heteroatoms. The lowest BCUT2D eigenvalue weighted by Crippen LogP contribution is -2.58. The molecule has 150 valence electrons. The highest BCUT2D eigenvalue weighted by Crippen LogP contribution is 2.31. The fraction of sp³-hybridized carbons (Fsp3) is 0.211. The molecule has 0 radical (unpaired) electrons. The summed E-state index contributed by atoms with van der Waals surface area (Å²) in [6, 6.07) is 9.62. The zero-order chi connectivity index (χ0) is 20.8. The Morgan fingerprint density at radius 3 is 2.45 bits per heavy atom. The maximum Gasteiger partial charge on any atom is 0.417 e. The minimum Gasteiger partial charge on any atom is -0.439 e. The molecule has 3 heterocycles. The molecule has 2 aromatic heterocycles. The van der Waals surface area contributed by atoms with Crippen molar-refractivity contribution in [2.75, 3.05) is 13.1 Å². The Morgan fingerprint density at radius 2 is 1.83 bits per heavy atom. The number of pyridine rings is 2. The van der Waals surface area contributed by atoms with Gasteiger partial charge < -0.3 is 9.64 Å². The van der Waals surface area contributed by atoms with Crippen molar-refractivity contribution in [3.05, 3.63) is 59.9 Å². The van der Waals surface area contributed by atoms with Gasteiger partial charge in [-0.2, -0.15) is 13.2 Å². The number of nitrogens with zero attached hydrogens (tertiary/aromatic N) is 3. The van der Waals surface area contributed by atoms with Gasteiger partial charge >= 0.3 is 6.18 Å². The molecule has 0 atom stereocenters. The van der Waals surface area contributed by atoms with Gasteiger partial charge in [-0.05, 0) is 30.3 Å². The van der Waals surface area contributed by atoms with Crippen LogP contribution in [0.4, 0.5) is 22.0 Å². The zero-order valence-corrected chi connectivity index (χ0v) is 14.6. The summed E-state index contributed by atoms with van der Waals surface area (Å²) in [6.45, 7) is -1.25. The Labute approximate surface area is 160 Å². The molecule has 29 heavy (non-hydrogen) atoms. The van der Waals surface area contributed by atoms with Crippen molar-refractivity contribution in [3.8, 4) is 11.6 Å². The summed E-state index contributed by atoms with van der Waals surface area (Å²) in [5, 5.41) is 0.597. The molecule has 0 aliphatic carbocycles. The van der Waals surface area contributed by atoms with Crippen molar-refractivity contribution in [2.24, 2.45) is 0 Å². The maximum absolute atomic E-state index is 12.9. The first-order valence-electron chi connectivity index (χ1n) is 8.40. The second-order valence-corrected chi connectivity index (χ2v) is 6.55. The molecule has 1 aromatic carbocycles. The molecular weight excluding hydrogens is 397 g/mol. The molecule has 0 N–H and O–H groups in total. The van der Waals surface area contributed by atoms with Gasteiger partial charge in [-0.1, -0.05) is 6.07 Å². The van der Waals surface area contributed by atoms with E-state index in [1.165, 1.54) is 12.1 Å². The van der Waals surface area contributed by atoms with E-state index in [1.807, 2.05) is 0 Å². The quantitative estimate of drug-likeness (QED) is 0.597. The number of carbonyl (C=O) groups excluding carboxylic acids is 1. The average Bonchev–Trinajstić information content (AvgIpc) is 2.65. The van der Waals surface area contributed by atoms with Crippen LogP contribution in [0, 0.1) is 0 Å². The first-order chi connectivity index (χ1) is 13.6. The Hall–Kier alpha value is -3.30. The lowest BCUT2D eigenvalue weighted by Gasteiger charge is -2.38. The summed E-state index contributed by atoms with van der Waals surface area (Å²) in [5.41, 5.74) is -0.397. The minimum atomic E-state index is -4.48. The van der Waals surface area contributed by atoms with Crippen molar-refractivity contribution < 1.29 is 31.5 Å². The van der Waals surface area contributed by atoms with Crippen molar-refractivity contribution in [1.29, 1.82) is 0 Å². The molecule has 1 fully saturated rings. The van der Waals surface area contributed by atoms with Gasteiger partial charge in [-0.25, -0.2) is 18.7 Å². The summed E-state index contributed by atoms with van der Waals surface area (Å²) < 4.78 is 69.0. The Bertz CT molecular complexity index is 1080. The summed E-state index contributed by atoms with van der Waals surface area (Å²) in [7, 11) is 0. The molecule has 0 saturated carbocycles. The second kappa shape index (κ2) is 6.64. The average molecular weight is 409 g/mol. The van der Waals surface area contributed by atoms with Crippen LogP contribution in [-0.4, -0.2) is 39.8 Å². The Kier molecular flexibility index (Phi) is 4.36. The van der Waals surface area contributed by atoms with Crippen LogP contribution in [0.1, 0.15) is 16.1 Å². The van der Waals surface area contributed by atoms with Crippen LogP contribution < -0.4 is 4.74 Å². The van der Waals surface area contributed by atoms with E-state index >= 15 is 0 Å². The smallest absolute Gasteiger partial charge is 0.417 e. The number of fused-ring (bicyclic) bond motifs is 1. The number of benzene rings is 1. The van der Waals surface area contributed by atoms with E-state index in [4.69, 9.17) is 4.74 Å². The normalized spacial score (nSPS) is 15.8. The number of halogens is 5. The number of carbonyl (C=O) groups is 1. The van der Waals surface area contributed by atoms with Gasteiger partial charge in [0.1, 0.15) is 11.4 Å². The third-order valence-corrected chi connectivity index (χ3v) is 4.30. The number of ether oxygens (including phenoxy) is 1. The van der Waals surface area contributed by atoms with Crippen molar-refractivity contribution in [3.63, 3.8) is 0 Å². The van der Waals surface area contributed by atoms with Gasteiger partial charge in [-0.15, -0.1) is 0 Å². The molecule has 1 saturated heterocycles. The van der Waals surface area contributed by atoms with E-state index < -0.39 is 36.7 Å². The van der Waals surface area contributed by atoms with E-state index in [-0.39, 0.29) is 11.6 Å². The largest absolute Gasteiger partial charge is 0.439 e. The van der Waals surface area contributed by atoms with E-state index in [2.05, 4.69) is 9.97 Å². The SMILES string of the molecule is O=C(c1ccc2cc(Oc3ccc(C(F)(F)F)cn3)ccc2n1)N1CC(F)(F)C1. The van der Waals surface area contributed by atoms with Gasteiger partial charge in [0.25, 0.3) is 11.8 Å². The van der Waals surface area contributed by atoms with E-state index in [0.29, 0.717) is 22.8 Å². The topological polar surface area (TPSA) is 55.3 Å². The van der Waals surface area contributed by atoms with Gasteiger partial charge in [0.2, 0.25) is 5.88 Å². The summed E-state index contributed by atoms with van der Waals surface area (Å²) in [5.74, 6) is -3.14. The fourth-order valence-electron chi connectivity index (χ4n) is 2.83. The first-order valence-corrected chi connectivity index (χ1v) is 8.40. The number of alkyl halides is 5.